The topological polar surface area (TPSA) is 3.24 Å². The quantitative estimate of drug-likeness (QED) is 0.721. The molecule has 2 aromatic rings. The molecule has 2 aromatic carbocycles. The molecule has 0 atom stereocenters. The third-order valence-corrected chi connectivity index (χ3v) is 4.05. The first-order valence-electron chi connectivity index (χ1n) is 7.32. The van der Waals surface area contributed by atoms with Gasteiger partial charge in [0, 0.05) is 18.8 Å². The van der Waals surface area contributed by atoms with Crippen molar-refractivity contribution in [3.05, 3.63) is 70.5 Å². The van der Waals surface area contributed by atoms with Gasteiger partial charge in [-0.2, -0.15) is 0 Å². The van der Waals surface area contributed by atoms with Crippen LogP contribution in [-0.2, 0) is 6.54 Å². The van der Waals surface area contributed by atoms with E-state index >= 15 is 0 Å². The first-order valence-corrected chi connectivity index (χ1v) is 7.32. The van der Waals surface area contributed by atoms with Gasteiger partial charge in [-0.1, -0.05) is 18.2 Å². The lowest BCUT2D eigenvalue weighted by molar-refractivity contribution is 0.626. The van der Waals surface area contributed by atoms with Crippen LogP contribution in [0.4, 0.5) is 10.1 Å². The van der Waals surface area contributed by atoms with Crippen LogP contribution in [0.3, 0.4) is 0 Å². The minimum absolute atomic E-state index is 0.165. The van der Waals surface area contributed by atoms with Crippen LogP contribution >= 0.6 is 0 Å². The van der Waals surface area contributed by atoms with Crippen molar-refractivity contribution < 1.29 is 4.39 Å². The van der Waals surface area contributed by atoms with E-state index in [2.05, 4.69) is 49.9 Å². The third kappa shape index (κ3) is 2.85. The largest absolute Gasteiger partial charge is 0.363 e. The van der Waals surface area contributed by atoms with E-state index in [1.807, 2.05) is 6.07 Å². The highest BCUT2D eigenvalue weighted by atomic mass is 19.1. The van der Waals surface area contributed by atoms with Crippen LogP contribution < -0.4 is 4.90 Å². The van der Waals surface area contributed by atoms with E-state index in [0.717, 1.165) is 24.2 Å². The molecule has 108 valence electrons. The second kappa shape index (κ2) is 5.36. The number of anilines is 1. The van der Waals surface area contributed by atoms with Crippen molar-refractivity contribution in [3.63, 3.8) is 0 Å². The van der Waals surface area contributed by atoms with Crippen LogP contribution in [0.25, 0.3) is 5.57 Å². The second-order valence-corrected chi connectivity index (χ2v) is 5.92. The number of hydrogen-bond acceptors (Lipinski definition) is 1. The Morgan fingerprint density at radius 1 is 0.952 bits per heavy atom. The van der Waals surface area contributed by atoms with Gasteiger partial charge in [-0.05, 0) is 72.9 Å². The van der Waals surface area contributed by atoms with Gasteiger partial charge in [-0.25, -0.2) is 4.39 Å². The summed E-state index contributed by atoms with van der Waals surface area (Å²) in [4.78, 5) is 2.34. The lowest BCUT2D eigenvalue weighted by Gasteiger charge is -2.23. The Kier molecular flexibility index (Phi) is 3.54. The monoisotopic (exact) mass is 281 g/mol. The summed E-state index contributed by atoms with van der Waals surface area (Å²) in [6.07, 6.45) is 2.18. The number of nitrogens with zero attached hydrogens (tertiary/aromatic N) is 1. The van der Waals surface area contributed by atoms with Crippen molar-refractivity contribution in [2.24, 2.45) is 0 Å². The molecule has 0 N–H and O–H groups in total. The number of fused-ring (bicyclic) bond motifs is 1. The summed E-state index contributed by atoms with van der Waals surface area (Å²) in [5.41, 5.74) is 7.14. The van der Waals surface area contributed by atoms with Gasteiger partial charge in [0.1, 0.15) is 5.82 Å². The number of allylic oxidation sites excluding steroid dienone is 1. The smallest absolute Gasteiger partial charge is 0.123 e. The maximum absolute atomic E-state index is 13.5. The van der Waals surface area contributed by atoms with Gasteiger partial charge >= 0.3 is 0 Å². The molecular formula is C19H20FN. The van der Waals surface area contributed by atoms with Crippen LogP contribution in [0.1, 0.15) is 29.2 Å². The number of halogens is 1. The molecule has 1 heterocycles. The molecular weight excluding hydrogens is 261 g/mol. The summed E-state index contributed by atoms with van der Waals surface area (Å²) in [5.74, 6) is -0.165. The van der Waals surface area contributed by atoms with Crippen molar-refractivity contribution in [1.29, 1.82) is 0 Å². The fraction of sp³-hybridized carbons (Fsp3) is 0.263. The Hall–Kier alpha value is -2.09. The van der Waals surface area contributed by atoms with Gasteiger partial charge in [-0.15, -0.1) is 0 Å². The fourth-order valence-electron chi connectivity index (χ4n) is 3.01. The lowest BCUT2D eigenvalue weighted by Crippen LogP contribution is -2.22. The molecule has 0 saturated carbocycles. The number of benzene rings is 2. The predicted molar refractivity (Wildman–Crippen MR) is 87.0 cm³/mol. The number of hydrogen-bond donors (Lipinski definition) is 0. The standard InChI is InChI=1S/C19H20FN/c1-13-8-14(2)10-18(9-13)21-7-6-15(3)19-11-17(20)5-4-16(19)12-21/h4-6,8-11H,7,12H2,1-3H3. The average Bonchev–Trinajstić information content (AvgIpc) is 2.58. The van der Waals surface area contributed by atoms with E-state index in [4.69, 9.17) is 0 Å². The molecule has 0 spiro atoms. The molecule has 1 aliphatic heterocycles. The van der Waals surface area contributed by atoms with Gasteiger partial charge < -0.3 is 4.90 Å². The maximum Gasteiger partial charge on any atom is 0.123 e. The van der Waals surface area contributed by atoms with Crippen molar-refractivity contribution in [2.45, 2.75) is 27.3 Å². The molecule has 0 aromatic heterocycles. The molecule has 0 unspecified atom stereocenters. The molecule has 0 saturated heterocycles. The summed E-state index contributed by atoms with van der Waals surface area (Å²) in [5, 5.41) is 0. The van der Waals surface area contributed by atoms with Gasteiger partial charge in [0.25, 0.3) is 0 Å². The zero-order valence-corrected chi connectivity index (χ0v) is 12.8. The van der Waals surface area contributed by atoms with E-state index < -0.39 is 0 Å². The van der Waals surface area contributed by atoms with Crippen LogP contribution in [0.15, 0.2) is 42.5 Å². The molecule has 0 bridgehead atoms. The van der Waals surface area contributed by atoms with Gasteiger partial charge in [-0.3, -0.25) is 0 Å². The lowest BCUT2D eigenvalue weighted by atomic mass is 10.0. The Balaban J connectivity index is 2.02. The molecule has 21 heavy (non-hydrogen) atoms. The summed E-state index contributed by atoms with van der Waals surface area (Å²) in [7, 11) is 0. The molecule has 0 amide bonds. The predicted octanol–water partition coefficient (Wildman–Crippen LogP) is 4.87. The van der Waals surface area contributed by atoms with Crippen molar-refractivity contribution in [2.75, 3.05) is 11.4 Å². The zero-order chi connectivity index (χ0) is 15.0. The number of rotatable bonds is 1. The van der Waals surface area contributed by atoms with Crippen LogP contribution in [0, 0.1) is 19.7 Å². The van der Waals surface area contributed by atoms with Crippen LogP contribution in [0.2, 0.25) is 0 Å². The highest BCUT2D eigenvalue weighted by molar-refractivity contribution is 5.69. The molecule has 0 radical (unpaired) electrons. The van der Waals surface area contributed by atoms with E-state index in [-0.39, 0.29) is 5.82 Å². The summed E-state index contributed by atoms with van der Waals surface area (Å²) >= 11 is 0. The molecule has 1 aliphatic rings. The maximum atomic E-state index is 13.5. The third-order valence-electron chi connectivity index (χ3n) is 4.05. The van der Waals surface area contributed by atoms with E-state index in [9.17, 15) is 4.39 Å². The highest BCUT2D eigenvalue weighted by Gasteiger charge is 2.15. The Morgan fingerprint density at radius 2 is 1.67 bits per heavy atom. The van der Waals surface area contributed by atoms with E-state index in [0.29, 0.717) is 0 Å². The van der Waals surface area contributed by atoms with Crippen molar-refractivity contribution in [3.8, 4) is 0 Å². The molecule has 0 aliphatic carbocycles. The second-order valence-electron chi connectivity index (χ2n) is 5.92. The fourth-order valence-corrected chi connectivity index (χ4v) is 3.01. The minimum atomic E-state index is -0.165. The van der Waals surface area contributed by atoms with Gasteiger partial charge in [0.05, 0.1) is 0 Å². The first kappa shape index (κ1) is 13.9. The summed E-state index contributed by atoms with van der Waals surface area (Å²) in [6, 6.07) is 11.7. The van der Waals surface area contributed by atoms with Gasteiger partial charge in [0.15, 0.2) is 0 Å². The van der Waals surface area contributed by atoms with E-state index in [1.54, 1.807) is 12.1 Å². The molecule has 1 nitrogen and oxygen atoms in total. The minimum Gasteiger partial charge on any atom is -0.363 e. The van der Waals surface area contributed by atoms with Crippen molar-refractivity contribution in [1.82, 2.24) is 0 Å². The normalized spacial score (nSPS) is 14.5. The Morgan fingerprint density at radius 3 is 2.38 bits per heavy atom. The molecule has 3 rings (SSSR count). The molecule has 0 fully saturated rings. The number of aryl methyl sites for hydroxylation is 2. The SMILES string of the molecule is CC1=CCN(c2cc(C)cc(C)c2)Cc2ccc(F)cc21. The Bertz CT molecular complexity index is 695. The Labute approximate surface area is 125 Å². The van der Waals surface area contributed by atoms with E-state index in [1.165, 1.54) is 22.4 Å². The molecule has 2 heteroatoms. The summed E-state index contributed by atoms with van der Waals surface area (Å²) in [6.45, 7) is 7.97. The first-order chi connectivity index (χ1) is 10.0. The van der Waals surface area contributed by atoms with Gasteiger partial charge in [0.2, 0.25) is 0 Å². The van der Waals surface area contributed by atoms with Crippen LogP contribution in [-0.4, -0.2) is 6.54 Å². The highest BCUT2D eigenvalue weighted by Crippen LogP contribution is 2.28. The van der Waals surface area contributed by atoms with Crippen LogP contribution in [0.5, 0.6) is 0 Å². The van der Waals surface area contributed by atoms with Crippen molar-refractivity contribution >= 4 is 11.3 Å². The average molecular weight is 281 g/mol. The zero-order valence-electron chi connectivity index (χ0n) is 12.8. The summed E-state index contributed by atoms with van der Waals surface area (Å²) < 4.78 is 13.5.